The fraction of sp³-hybridized carbons (Fsp3) is 1.00. The Hall–Kier alpha value is 0.260. The normalized spacial score (nSPS) is 14.2. The predicted octanol–water partition coefficient (Wildman–Crippen LogP) is 1.32. The minimum atomic E-state index is -2.79. The van der Waals surface area contributed by atoms with Gasteiger partial charge in [0.25, 0.3) is 0 Å². The van der Waals surface area contributed by atoms with Gasteiger partial charge in [-0.25, -0.2) is 8.42 Å². The second-order valence-corrected chi connectivity index (χ2v) is 7.30. The molecule has 0 fully saturated rings. The van der Waals surface area contributed by atoms with Crippen LogP contribution in [0.25, 0.3) is 0 Å². The van der Waals surface area contributed by atoms with Crippen LogP contribution in [0.3, 0.4) is 0 Å². The first kappa shape index (κ1) is 14.3. The van der Waals surface area contributed by atoms with Gasteiger partial charge in [-0.3, -0.25) is 0 Å². The highest BCUT2D eigenvalue weighted by Crippen LogP contribution is 2.14. The molecule has 3 nitrogen and oxygen atoms in total. The van der Waals surface area contributed by atoms with E-state index in [0.717, 1.165) is 18.6 Å². The number of hydrogen-bond acceptors (Lipinski definition) is 4. The summed E-state index contributed by atoms with van der Waals surface area (Å²) in [6.07, 6.45) is 1.50. The van der Waals surface area contributed by atoms with Crippen molar-refractivity contribution in [1.82, 2.24) is 0 Å². The Morgan fingerprint density at radius 1 is 1.43 bits per heavy atom. The van der Waals surface area contributed by atoms with Crippen molar-refractivity contribution >= 4 is 21.6 Å². The molecule has 14 heavy (non-hydrogen) atoms. The van der Waals surface area contributed by atoms with Gasteiger partial charge in [-0.2, -0.15) is 11.8 Å². The van der Waals surface area contributed by atoms with Gasteiger partial charge >= 0.3 is 0 Å². The molecule has 0 aliphatic carbocycles. The number of sulfone groups is 1. The highest BCUT2D eigenvalue weighted by Gasteiger charge is 2.07. The zero-order valence-electron chi connectivity index (χ0n) is 8.90. The third kappa shape index (κ3) is 7.64. The SMILES string of the molecule is CCS(=O)(=O)CCCSC(C)CCO. The number of thioether (sulfide) groups is 1. The van der Waals surface area contributed by atoms with Gasteiger partial charge in [-0.05, 0) is 18.6 Å². The predicted molar refractivity (Wildman–Crippen MR) is 62.6 cm³/mol. The Kier molecular flexibility index (Phi) is 7.68. The molecule has 0 saturated carbocycles. The van der Waals surface area contributed by atoms with Crippen LogP contribution in [0, 0.1) is 0 Å². The first-order valence-corrected chi connectivity index (χ1v) is 7.81. The van der Waals surface area contributed by atoms with Crippen LogP contribution in [-0.4, -0.2) is 42.6 Å². The largest absolute Gasteiger partial charge is 0.396 e. The van der Waals surface area contributed by atoms with E-state index in [1.165, 1.54) is 0 Å². The molecule has 1 unspecified atom stereocenters. The third-order valence-electron chi connectivity index (χ3n) is 1.98. The van der Waals surface area contributed by atoms with E-state index in [-0.39, 0.29) is 12.4 Å². The van der Waals surface area contributed by atoms with Crippen LogP contribution in [0.2, 0.25) is 0 Å². The fourth-order valence-electron chi connectivity index (χ4n) is 0.973. The first-order valence-electron chi connectivity index (χ1n) is 4.94. The van der Waals surface area contributed by atoms with Crippen LogP contribution in [0.5, 0.6) is 0 Å². The molecule has 0 bridgehead atoms. The Balaban J connectivity index is 3.47. The molecular weight excluding hydrogens is 220 g/mol. The van der Waals surface area contributed by atoms with Gasteiger partial charge in [0.1, 0.15) is 9.84 Å². The topological polar surface area (TPSA) is 54.4 Å². The molecule has 0 aromatic carbocycles. The molecule has 0 aromatic rings. The molecule has 1 atom stereocenters. The summed E-state index contributed by atoms with van der Waals surface area (Å²) in [7, 11) is -2.79. The maximum absolute atomic E-state index is 11.1. The first-order chi connectivity index (χ1) is 6.52. The molecular formula is C9H20O3S2. The molecule has 5 heteroatoms. The van der Waals surface area contributed by atoms with E-state index in [0.29, 0.717) is 11.0 Å². The summed E-state index contributed by atoms with van der Waals surface area (Å²) >= 11 is 1.73. The fourth-order valence-corrected chi connectivity index (χ4v) is 3.01. The van der Waals surface area contributed by atoms with Crippen molar-refractivity contribution in [2.24, 2.45) is 0 Å². The van der Waals surface area contributed by atoms with Crippen molar-refractivity contribution in [3.05, 3.63) is 0 Å². The molecule has 0 radical (unpaired) electrons. The Bertz CT molecular complexity index is 224. The highest BCUT2D eigenvalue weighted by molar-refractivity contribution is 7.99. The maximum atomic E-state index is 11.1. The van der Waals surface area contributed by atoms with E-state index in [4.69, 9.17) is 5.11 Å². The lowest BCUT2D eigenvalue weighted by Gasteiger charge is -2.08. The Morgan fingerprint density at radius 2 is 2.07 bits per heavy atom. The van der Waals surface area contributed by atoms with E-state index in [9.17, 15) is 8.42 Å². The summed E-state index contributed by atoms with van der Waals surface area (Å²) < 4.78 is 22.2. The van der Waals surface area contributed by atoms with Crippen molar-refractivity contribution in [2.45, 2.75) is 31.9 Å². The molecule has 0 spiro atoms. The molecule has 1 N–H and O–H groups in total. The molecule has 0 heterocycles. The van der Waals surface area contributed by atoms with Crippen LogP contribution < -0.4 is 0 Å². The van der Waals surface area contributed by atoms with E-state index in [2.05, 4.69) is 6.92 Å². The smallest absolute Gasteiger partial charge is 0.150 e. The summed E-state index contributed by atoms with van der Waals surface area (Å²) in [5.41, 5.74) is 0. The standard InChI is InChI=1S/C9H20O3S2/c1-3-14(11,12)8-4-7-13-9(2)5-6-10/h9-10H,3-8H2,1-2H3. The summed E-state index contributed by atoms with van der Waals surface area (Å²) in [5.74, 6) is 1.40. The van der Waals surface area contributed by atoms with E-state index in [1.807, 2.05) is 0 Å². The lowest BCUT2D eigenvalue weighted by atomic mass is 10.3. The lowest BCUT2D eigenvalue weighted by Crippen LogP contribution is -2.10. The second kappa shape index (κ2) is 7.54. The van der Waals surface area contributed by atoms with Crippen LogP contribution in [-0.2, 0) is 9.84 Å². The lowest BCUT2D eigenvalue weighted by molar-refractivity contribution is 0.289. The van der Waals surface area contributed by atoms with Gasteiger partial charge < -0.3 is 5.11 Å². The molecule has 0 saturated heterocycles. The van der Waals surface area contributed by atoms with Crippen molar-refractivity contribution in [1.29, 1.82) is 0 Å². The van der Waals surface area contributed by atoms with Crippen LogP contribution in [0.1, 0.15) is 26.7 Å². The third-order valence-corrected chi connectivity index (χ3v) is 5.10. The van der Waals surface area contributed by atoms with Gasteiger partial charge in [0.2, 0.25) is 0 Å². The number of aliphatic hydroxyl groups is 1. The van der Waals surface area contributed by atoms with Gasteiger partial charge in [0, 0.05) is 17.6 Å². The molecule has 86 valence electrons. The van der Waals surface area contributed by atoms with Crippen molar-refractivity contribution in [3.8, 4) is 0 Å². The zero-order valence-corrected chi connectivity index (χ0v) is 10.5. The quantitative estimate of drug-likeness (QED) is 0.650. The number of hydrogen-bond donors (Lipinski definition) is 1. The van der Waals surface area contributed by atoms with Crippen molar-refractivity contribution in [2.75, 3.05) is 23.9 Å². The Labute approximate surface area is 91.2 Å². The van der Waals surface area contributed by atoms with Crippen LogP contribution in [0.4, 0.5) is 0 Å². The molecule has 0 aliphatic heterocycles. The molecule has 0 aromatic heterocycles. The van der Waals surface area contributed by atoms with Crippen LogP contribution in [0.15, 0.2) is 0 Å². The minimum Gasteiger partial charge on any atom is -0.396 e. The minimum absolute atomic E-state index is 0.210. The average Bonchev–Trinajstić information content (AvgIpc) is 2.13. The van der Waals surface area contributed by atoms with Gasteiger partial charge in [0.05, 0.1) is 5.75 Å². The van der Waals surface area contributed by atoms with Crippen molar-refractivity contribution in [3.63, 3.8) is 0 Å². The summed E-state index contributed by atoms with van der Waals surface area (Å²) in [6, 6.07) is 0. The maximum Gasteiger partial charge on any atom is 0.150 e. The monoisotopic (exact) mass is 240 g/mol. The van der Waals surface area contributed by atoms with Gasteiger partial charge in [-0.1, -0.05) is 13.8 Å². The van der Waals surface area contributed by atoms with Gasteiger partial charge in [-0.15, -0.1) is 0 Å². The number of rotatable bonds is 8. The zero-order chi connectivity index (χ0) is 11.0. The van der Waals surface area contributed by atoms with Crippen molar-refractivity contribution < 1.29 is 13.5 Å². The average molecular weight is 240 g/mol. The molecule has 0 amide bonds. The summed E-state index contributed by atoms with van der Waals surface area (Å²) in [6.45, 7) is 3.94. The highest BCUT2D eigenvalue weighted by atomic mass is 32.2. The molecule has 0 aliphatic rings. The summed E-state index contributed by atoms with van der Waals surface area (Å²) in [5, 5.41) is 9.07. The second-order valence-electron chi connectivity index (χ2n) is 3.28. The molecule has 0 rings (SSSR count). The Morgan fingerprint density at radius 3 is 2.57 bits per heavy atom. The number of aliphatic hydroxyl groups excluding tert-OH is 1. The van der Waals surface area contributed by atoms with E-state index in [1.54, 1.807) is 18.7 Å². The van der Waals surface area contributed by atoms with Crippen LogP contribution >= 0.6 is 11.8 Å². The van der Waals surface area contributed by atoms with E-state index >= 15 is 0 Å². The van der Waals surface area contributed by atoms with E-state index < -0.39 is 9.84 Å². The van der Waals surface area contributed by atoms with Gasteiger partial charge in [0.15, 0.2) is 0 Å². The summed E-state index contributed by atoms with van der Waals surface area (Å²) in [4.78, 5) is 0.